The number of piperidine rings is 3. The molecule has 0 saturated carbocycles. The molecule has 0 radical (unpaired) electrons. The number of nitrogens with zero attached hydrogens (tertiary/aromatic N) is 3. The van der Waals surface area contributed by atoms with Gasteiger partial charge in [-0.15, -0.1) is 11.3 Å². The molecule has 0 N–H and O–H groups in total. The maximum atomic E-state index is 12.9. The van der Waals surface area contributed by atoms with Crippen LogP contribution >= 0.6 is 11.3 Å². The van der Waals surface area contributed by atoms with Crippen molar-refractivity contribution in [2.45, 2.75) is 23.8 Å². The second-order valence-electron chi connectivity index (χ2n) is 6.20. The second kappa shape index (κ2) is 5.26. The van der Waals surface area contributed by atoms with Crippen molar-refractivity contribution in [1.29, 1.82) is 0 Å². The van der Waals surface area contributed by atoms with Crippen LogP contribution in [0.5, 0.6) is 0 Å². The van der Waals surface area contributed by atoms with Gasteiger partial charge in [0, 0.05) is 25.8 Å². The van der Waals surface area contributed by atoms with Crippen LogP contribution in [-0.4, -0.2) is 55.3 Å². The zero-order chi connectivity index (χ0) is 15.3. The molecule has 3 aliphatic rings. The quantitative estimate of drug-likeness (QED) is 0.860. The SMILES string of the molecule is CN([C@@H]1CN2CCC1CC2)S(=O)(=O)c1cnc2ccsc2c1. The minimum Gasteiger partial charge on any atom is -0.302 e. The average molecular weight is 337 g/mol. The number of pyridine rings is 1. The van der Waals surface area contributed by atoms with Gasteiger partial charge in [0.1, 0.15) is 4.90 Å². The fraction of sp³-hybridized carbons (Fsp3) is 0.533. The summed E-state index contributed by atoms with van der Waals surface area (Å²) in [4.78, 5) is 6.96. The Morgan fingerprint density at radius 1 is 1.36 bits per heavy atom. The highest BCUT2D eigenvalue weighted by atomic mass is 32.2. The van der Waals surface area contributed by atoms with E-state index in [1.807, 2.05) is 11.4 Å². The number of hydrogen-bond acceptors (Lipinski definition) is 5. The topological polar surface area (TPSA) is 53.5 Å². The average Bonchev–Trinajstić information content (AvgIpc) is 3.02. The lowest BCUT2D eigenvalue weighted by Crippen LogP contribution is -2.57. The number of sulfonamides is 1. The van der Waals surface area contributed by atoms with Crippen molar-refractivity contribution < 1.29 is 8.42 Å². The van der Waals surface area contributed by atoms with Crippen molar-refractivity contribution in [2.75, 3.05) is 26.7 Å². The third kappa shape index (κ3) is 2.27. The molecular formula is C15H19N3O2S2. The van der Waals surface area contributed by atoms with Crippen LogP contribution in [-0.2, 0) is 10.0 Å². The van der Waals surface area contributed by atoms with E-state index in [4.69, 9.17) is 0 Å². The molecule has 0 amide bonds. The Balaban J connectivity index is 1.67. The molecule has 0 unspecified atom stereocenters. The molecule has 2 bridgehead atoms. The number of fused-ring (bicyclic) bond motifs is 4. The second-order valence-corrected chi connectivity index (χ2v) is 9.15. The van der Waals surface area contributed by atoms with Gasteiger partial charge in [-0.05, 0) is 49.4 Å². The Morgan fingerprint density at radius 2 is 2.14 bits per heavy atom. The maximum absolute atomic E-state index is 12.9. The number of aromatic nitrogens is 1. The molecule has 0 spiro atoms. The fourth-order valence-electron chi connectivity index (χ4n) is 3.66. The summed E-state index contributed by atoms with van der Waals surface area (Å²) >= 11 is 1.52. The monoisotopic (exact) mass is 337 g/mol. The smallest absolute Gasteiger partial charge is 0.244 e. The lowest BCUT2D eigenvalue weighted by molar-refractivity contribution is 0.0465. The molecule has 5 rings (SSSR count). The predicted octanol–water partition coefficient (Wildman–Crippen LogP) is 2.01. The highest BCUT2D eigenvalue weighted by Crippen LogP contribution is 2.33. The van der Waals surface area contributed by atoms with E-state index in [1.54, 1.807) is 17.4 Å². The number of hydrogen-bond donors (Lipinski definition) is 0. The molecule has 0 aliphatic carbocycles. The summed E-state index contributed by atoms with van der Waals surface area (Å²) in [5, 5.41) is 1.94. The third-order valence-corrected chi connectivity index (χ3v) is 7.74. The summed E-state index contributed by atoms with van der Waals surface area (Å²) in [6, 6.07) is 3.75. The van der Waals surface area contributed by atoms with E-state index in [0.717, 1.165) is 42.7 Å². The highest BCUT2D eigenvalue weighted by Gasteiger charge is 2.40. The van der Waals surface area contributed by atoms with Crippen LogP contribution in [0, 0.1) is 5.92 Å². The molecule has 2 aromatic rings. The van der Waals surface area contributed by atoms with E-state index in [0.29, 0.717) is 10.8 Å². The Bertz CT molecular complexity index is 794. The van der Waals surface area contributed by atoms with Crippen LogP contribution in [0.15, 0.2) is 28.6 Å². The van der Waals surface area contributed by atoms with Crippen molar-refractivity contribution in [3.8, 4) is 0 Å². The maximum Gasteiger partial charge on any atom is 0.244 e. The number of rotatable bonds is 3. The molecule has 7 heteroatoms. The molecular weight excluding hydrogens is 318 g/mol. The normalized spacial score (nSPS) is 28.5. The van der Waals surface area contributed by atoms with Crippen LogP contribution in [0.2, 0.25) is 0 Å². The molecule has 22 heavy (non-hydrogen) atoms. The summed E-state index contributed by atoms with van der Waals surface area (Å²) in [6.07, 6.45) is 3.70. The van der Waals surface area contributed by atoms with Crippen molar-refractivity contribution in [1.82, 2.24) is 14.2 Å². The van der Waals surface area contributed by atoms with Crippen molar-refractivity contribution in [3.63, 3.8) is 0 Å². The summed E-state index contributed by atoms with van der Waals surface area (Å²) in [5.74, 6) is 0.489. The molecule has 3 aliphatic heterocycles. The highest BCUT2D eigenvalue weighted by molar-refractivity contribution is 7.89. The molecule has 5 nitrogen and oxygen atoms in total. The minimum atomic E-state index is -3.48. The van der Waals surface area contributed by atoms with Gasteiger partial charge in [0.05, 0.1) is 10.2 Å². The first kappa shape index (κ1) is 14.6. The first-order valence-corrected chi connectivity index (χ1v) is 9.91. The van der Waals surface area contributed by atoms with E-state index in [2.05, 4.69) is 9.88 Å². The lowest BCUT2D eigenvalue weighted by atomic mass is 9.84. The van der Waals surface area contributed by atoms with Crippen LogP contribution in [0.25, 0.3) is 10.2 Å². The van der Waals surface area contributed by atoms with Gasteiger partial charge in [0.25, 0.3) is 0 Å². The van der Waals surface area contributed by atoms with Gasteiger partial charge in [0.2, 0.25) is 10.0 Å². The minimum absolute atomic E-state index is 0.0894. The number of thiophene rings is 1. The Hall–Kier alpha value is -1.02. The summed E-state index contributed by atoms with van der Waals surface area (Å²) in [7, 11) is -1.76. The van der Waals surface area contributed by atoms with Crippen molar-refractivity contribution >= 4 is 31.6 Å². The Kier molecular flexibility index (Phi) is 3.48. The van der Waals surface area contributed by atoms with E-state index in [9.17, 15) is 8.42 Å². The molecule has 2 aromatic heterocycles. The van der Waals surface area contributed by atoms with Gasteiger partial charge in [-0.1, -0.05) is 0 Å². The molecule has 118 valence electrons. The zero-order valence-electron chi connectivity index (χ0n) is 12.5. The van der Waals surface area contributed by atoms with Crippen LogP contribution in [0.4, 0.5) is 0 Å². The van der Waals surface area contributed by atoms with Crippen LogP contribution < -0.4 is 0 Å². The molecule has 3 saturated heterocycles. The molecule has 1 atom stereocenters. The molecule has 5 heterocycles. The standard InChI is InChI=1S/C15H19N3O2S2/c1-17(14-10-18-5-2-11(14)3-6-18)22(19,20)12-8-15-13(16-9-12)4-7-21-15/h4,7-9,11,14H,2-3,5-6,10H2,1H3/t14-/m1/s1. The zero-order valence-corrected chi connectivity index (χ0v) is 14.1. The van der Waals surface area contributed by atoms with E-state index < -0.39 is 10.0 Å². The summed E-state index contributed by atoms with van der Waals surface area (Å²) in [6.45, 7) is 3.07. The van der Waals surface area contributed by atoms with Gasteiger partial charge in [-0.3, -0.25) is 4.98 Å². The number of likely N-dealkylation sites (N-methyl/N-ethyl adjacent to an activating group) is 1. The van der Waals surface area contributed by atoms with Gasteiger partial charge >= 0.3 is 0 Å². The van der Waals surface area contributed by atoms with Crippen molar-refractivity contribution in [3.05, 3.63) is 23.7 Å². The van der Waals surface area contributed by atoms with E-state index in [-0.39, 0.29) is 6.04 Å². The van der Waals surface area contributed by atoms with Crippen LogP contribution in [0.1, 0.15) is 12.8 Å². The van der Waals surface area contributed by atoms with E-state index in [1.165, 1.54) is 17.5 Å². The predicted molar refractivity (Wildman–Crippen MR) is 87.5 cm³/mol. The largest absolute Gasteiger partial charge is 0.302 e. The lowest BCUT2D eigenvalue weighted by Gasteiger charge is -2.47. The molecule has 3 fully saturated rings. The van der Waals surface area contributed by atoms with Crippen LogP contribution in [0.3, 0.4) is 0 Å². The third-order valence-electron chi connectivity index (χ3n) is 5.04. The summed E-state index contributed by atoms with van der Waals surface area (Å²) < 4.78 is 28.4. The van der Waals surface area contributed by atoms with Gasteiger partial charge < -0.3 is 4.90 Å². The first-order chi connectivity index (χ1) is 10.6. The summed E-state index contributed by atoms with van der Waals surface area (Å²) in [5.41, 5.74) is 0.856. The van der Waals surface area contributed by atoms with Gasteiger partial charge in [-0.25, -0.2) is 8.42 Å². The fourth-order valence-corrected chi connectivity index (χ4v) is 5.90. The van der Waals surface area contributed by atoms with Gasteiger partial charge in [-0.2, -0.15) is 4.31 Å². The molecule has 0 aromatic carbocycles. The Labute approximate surface area is 134 Å². The Morgan fingerprint density at radius 3 is 2.82 bits per heavy atom. The first-order valence-electron chi connectivity index (χ1n) is 7.59. The van der Waals surface area contributed by atoms with Crippen molar-refractivity contribution in [2.24, 2.45) is 5.92 Å². The van der Waals surface area contributed by atoms with Gasteiger partial charge in [0.15, 0.2) is 0 Å². The van der Waals surface area contributed by atoms with E-state index >= 15 is 0 Å².